The topological polar surface area (TPSA) is 84.6 Å². The van der Waals surface area contributed by atoms with E-state index in [9.17, 15) is 0 Å². The first-order chi connectivity index (χ1) is 12.1. The van der Waals surface area contributed by atoms with Gasteiger partial charge >= 0.3 is 0 Å². The third-order valence-corrected chi connectivity index (χ3v) is 3.60. The highest BCUT2D eigenvalue weighted by Gasteiger charge is 2.13. The molecule has 0 aliphatic heterocycles. The Hall–Kier alpha value is -2.12. The van der Waals surface area contributed by atoms with Crippen molar-refractivity contribution in [2.24, 2.45) is 4.99 Å². The minimum Gasteiger partial charge on any atom is -0.371 e. The molecule has 25 heavy (non-hydrogen) atoms. The molecule has 2 N–H and O–H groups in total. The smallest absolute Gasteiger partial charge is 0.246 e. The van der Waals surface area contributed by atoms with Gasteiger partial charge < -0.3 is 19.9 Å². The maximum atomic E-state index is 5.89. The fraction of sp³-hybridized carbons (Fsp3) is 0.471. The van der Waals surface area contributed by atoms with E-state index in [-0.39, 0.29) is 6.10 Å². The molecule has 1 aromatic carbocycles. The average Bonchev–Trinajstić information content (AvgIpc) is 3.08. The Balaban J connectivity index is 1.92. The molecule has 0 spiro atoms. The second-order valence-electron chi connectivity index (χ2n) is 5.32. The fourth-order valence-electron chi connectivity index (χ4n) is 2.09. The van der Waals surface area contributed by atoms with Gasteiger partial charge in [0.05, 0.1) is 13.1 Å². The maximum absolute atomic E-state index is 5.89. The Kier molecular flexibility index (Phi) is 7.69. The molecule has 7 nitrogen and oxygen atoms in total. The molecule has 1 unspecified atom stereocenters. The van der Waals surface area contributed by atoms with Crippen LogP contribution in [0.25, 0.3) is 0 Å². The molecule has 0 amide bonds. The number of halogens is 1. The lowest BCUT2D eigenvalue weighted by Gasteiger charge is -2.09. The van der Waals surface area contributed by atoms with Gasteiger partial charge in [-0.2, -0.15) is 4.98 Å². The van der Waals surface area contributed by atoms with Crippen molar-refractivity contribution in [3.63, 3.8) is 0 Å². The summed E-state index contributed by atoms with van der Waals surface area (Å²) in [6.45, 7) is 8.12. The van der Waals surface area contributed by atoms with Crippen LogP contribution in [0.1, 0.15) is 44.2 Å². The number of nitrogens with zero attached hydrogens (tertiary/aromatic N) is 3. The SMILES string of the molecule is CCNC(=NCc1ccc(Cl)cc1)NCc1nc(C(C)OCC)no1. The van der Waals surface area contributed by atoms with Gasteiger partial charge in [0.25, 0.3) is 0 Å². The second kappa shape index (κ2) is 10.0. The quantitative estimate of drug-likeness (QED) is 0.552. The highest BCUT2D eigenvalue weighted by Crippen LogP contribution is 2.12. The van der Waals surface area contributed by atoms with Crippen molar-refractivity contribution in [1.29, 1.82) is 0 Å². The van der Waals surface area contributed by atoms with Crippen LogP contribution in [0.5, 0.6) is 0 Å². The summed E-state index contributed by atoms with van der Waals surface area (Å²) in [5.74, 6) is 1.70. The van der Waals surface area contributed by atoms with Gasteiger partial charge in [0.2, 0.25) is 5.89 Å². The number of guanidine groups is 1. The first-order valence-electron chi connectivity index (χ1n) is 8.33. The molecule has 0 aliphatic rings. The Morgan fingerprint density at radius 2 is 2.04 bits per heavy atom. The van der Waals surface area contributed by atoms with Gasteiger partial charge in [-0.15, -0.1) is 0 Å². The molecule has 0 saturated carbocycles. The van der Waals surface area contributed by atoms with Crippen molar-refractivity contribution in [2.45, 2.75) is 40.0 Å². The van der Waals surface area contributed by atoms with E-state index in [2.05, 4.69) is 25.8 Å². The summed E-state index contributed by atoms with van der Waals surface area (Å²) < 4.78 is 10.7. The summed E-state index contributed by atoms with van der Waals surface area (Å²) in [7, 11) is 0. The summed E-state index contributed by atoms with van der Waals surface area (Å²) in [6, 6.07) is 7.61. The van der Waals surface area contributed by atoms with Gasteiger partial charge in [-0.3, -0.25) is 0 Å². The fourth-order valence-corrected chi connectivity index (χ4v) is 2.22. The van der Waals surface area contributed by atoms with Crippen LogP contribution in [0.15, 0.2) is 33.8 Å². The zero-order valence-electron chi connectivity index (χ0n) is 14.8. The van der Waals surface area contributed by atoms with E-state index in [4.69, 9.17) is 20.9 Å². The number of aliphatic imine (C=N–C) groups is 1. The Bertz CT molecular complexity index is 672. The van der Waals surface area contributed by atoms with Crippen molar-refractivity contribution < 1.29 is 9.26 Å². The van der Waals surface area contributed by atoms with Gasteiger partial charge in [-0.05, 0) is 38.5 Å². The largest absolute Gasteiger partial charge is 0.371 e. The molecule has 0 aliphatic carbocycles. The van der Waals surface area contributed by atoms with Crippen LogP contribution in [-0.2, 0) is 17.8 Å². The Morgan fingerprint density at radius 3 is 2.72 bits per heavy atom. The predicted octanol–water partition coefficient (Wildman–Crippen LogP) is 3.08. The zero-order valence-corrected chi connectivity index (χ0v) is 15.5. The number of benzene rings is 1. The third kappa shape index (κ3) is 6.36. The summed E-state index contributed by atoms with van der Waals surface area (Å²) in [4.78, 5) is 8.86. The van der Waals surface area contributed by atoms with E-state index >= 15 is 0 Å². The van der Waals surface area contributed by atoms with Gasteiger partial charge in [-0.25, -0.2) is 4.99 Å². The number of aromatic nitrogens is 2. The summed E-state index contributed by atoms with van der Waals surface area (Å²) >= 11 is 5.89. The molecule has 0 saturated heterocycles. The standard InChI is InChI=1S/C17H24ClN5O2/c1-4-19-17(20-10-13-6-8-14(18)9-7-13)21-11-15-22-16(23-25-15)12(3)24-5-2/h6-9,12H,4-5,10-11H2,1-3H3,(H2,19,20,21). The molecule has 136 valence electrons. The van der Waals surface area contributed by atoms with E-state index in [1.807, 2.05) is 45.0 Å². The first-order valence-corrected chi connectivity index (χ1v) is 8.70. The van der Waals surface area contributed by atoms with E-state index in [0.29, 0.717) is 42.4 Å². The number of hydrogen-bond acceptors (Lipinski definition) is 5. The lowest BCUT2D eigenvalue weighted by atomic mass is 10.2. The summed E-state index contributed by atoms with van der Waals surface area (Å²) in [5, 5.41) is 11.0. The van der Waals surface area contributed by atoms with Crippen molar-refractivity contribution in [2.75, 3.05) is 13.2 Å². The van der Waals surface area contributed by atoms with Crippen LogP contribution in [-0.4, -0.2) is 29.3 Å². The molecule has 1 atom stereocenters. The normalized spacial score (nSPS) is 12.9. The average molecular weight is 366 g/mol. The molecular weight excluding hydrogens is 342 g/mol. The second-order valence-corrected chi connectivity index (χ2v) is 5.76. The lowest BCUT2D eigenvalue weighted by Crippen LogP contribution is -2.36. The minimum atomic E-state index is -0.186. The minimum absolute atomic E-state index is 0.186. The van der Waals surface area contributed by atoms with Crippen molar-refractivity contribution in [3.8, 4) is 0 Å². The monoisotopic (exact) mass is 365 g/mol. The maximum Gasteiger partial charge on any atom is 0.246 e. The van der Waals surface area contributed by atoms with Gasteiger partial charge in [-0.1, -0.05) is 28.9 Å². The van der Waals surface area contributed by atoms with Gasteiger partial charge in [0, 0.05) is 18.2 Å². The number of ether oxygens (including phenoxy) is 1. The summed E-state index contributed by atoms with van der Waals surface area (Å²) in [6.07, 6.45) is -0.186. The van der Waals surface area contributed by atoms with E-state index in [1.54, 1.807) is 0 Å². The predicted molar refractivity (Wildman–Crippen MR) is 97.4 cm³/mol. The summed E-state index contributed by atoms with van der Waals surface area (Å²) in [5.41, 5.74) is 1.08. The Morgan fingerprint density at radius 1 is 1.28 bits per heavy atom. The van der Waals surface area contributed by atoms with E-state index in [1.165, 1.54) is 0 Å². The molecule has 1 heterocycles. The molecule has 0 bridgehead atoms. The number of rotatable bonds is 8. The number of nitrogens with one attached hydrogen (secondary N) is 2. The van der Waals surface area contributed by atoms with E-state index in [0.717, 1.165) is 12.1 Å². The van der Waals surface area contributed by atoms with Crippen molar-refractivity contribution in [3.05, 3.63) is 46.6 Å². The van der Waals surface area contributed by atoms with Crippen molar-refractivity contribution in [1.82, 2.24) is 20.8 Å². The van der Waals surface area contributed by atoms with Crippen LogP contribution < -0.4 is 10.6 Å². The zero-order chi connectivity index (χ0) is 18.1. The third-order valence-electron chi connectivity index (χ3n) is 3.35. The van der Waals surface area contributed by atoms with Crippen LogP contribution in [0.3, 0.4) is 0 Å². The molecule has 1 aromatic heterocycles. The molecule has 2 aromatic rings. The molecule has 0 fully saturated rings. The Labute approximate surface area is 152 Å². The van der Waals surface area contributed by atoms with Crippen LogP contribution in [0, 0.1) is 0 Å². The highest BCUT2D eigenvalue weighted by atomic mass is 35.5. The van der Waals surface area contributed by atoms with Gasteiger partial charge in [0.15, 0.2) is 11.8 Å². The van der Waals surface area contributed by atoms with Gasteiger partial charge in [0.1, 0.15) is 6.10 Å². The van der Waals surface area contributed by atoms with Crippen LogP contribution in [0.2, 0.25) is 5.02 Å². The number of hydrogen-bond donors (Lipinski definition) is 2. The molecule has 2 rings (SSSR count). The first kappa shape index (κ1) is 19.2. The van der Waals surface area contributed by atoms with Crippen LogP contribution in [0.4, 0.5) is 0 Å². The van der Waals surface area contributed by atoms with Crippen LogP contribution >= 0.6 is 11.6 Å². The van der Waals surface area contributed by atoms with Crippen molar-refractivity contribution >= 4 is 17.6 Å². The molecular formula is C17H24ClN5O2. The lowest BCUT2D eigenvalue weighted by molar-refractivity contribution is 0.0683. The highest BCUT2D eigenvalue weighted by molar-refractivity contribution is 6.30. The van der Waals surface area contributed by atoms with E-state index < -0.39 is 0 Å². The molecule has 8 heteroatoms. The molecule has 0 radical (unpaired) electrons.